The molecule has 1 aromatic heterocycles. The molecule has 0 bridgehead atoms. The van der Waals surface area contributed by atoms with Gasteiger partial charge < -0.3 is 19.5 Å². The number of carbonyl (C=O) groups excluding carboxylic acids is 2. The summed E-state index contributed by atoms with van der Waals surface area (Å²) in [5.74, 6) is 3.81. The highest BCUT2D eigenvalue weighted by Gasteiger charge is 2.59. The van der Waals surface area contributed by atoms with E-state index < -0.39 is 0 Å². The molecule has 0 aromatic carbocycles. The Morgan fingerprint density at radius 2 is 1.80 bits per heavy atom. The zero-order valence-electron chi connectivity index (χ0n) is 25.1. The van der Waals surface area contributed by atoms with Gasteiger partial charge in [-0.05, 0) is 98.2 Å². The van der Waals surface area contributed by atoms with Gasteiger partial charge in [0.25, 0.3) is 5.91 Å². The maximum Gasteiger partial charge on any atom is 0.274 e. The van der Waals surface area contributed by atoms with E-state index in [9.17, 15) is 14.7 Å². The third-order valence-electron chi connectivity index (χ3n) is 12.5. The number of hydrogen-bond donors (Lipinski definition) is 1. The molecule has 6 rings (SSSR count). The number of hydrogen-bond acceptors (Lipinski definition) is 4. The van der Waals surface area contributed by atoms with Crippen molar-refractivity contribution >= 4 is 11.8 Å². The SMILES string of the molecule is C[C@H](CCC(=O)N1CCN(C(=O)c2cn(C)cn2)CC1)[C@H]1CC[C@H]2[C@@H]3CC=C4C[C@@H](O)CC[C@]4(C)[C@H]3CC[C@]12C. The van der Waals surface area contributed by atoms with Crippen molar-refractivity contribution < 1.29 is 14.7 Å². The molecule has 0 radical (unpaired) electrons. The molecular formula is C33H50N4O3. The lowest BCUT2D eigenvalue weighted by atomic mass is 9.47. The second-order valence-corrected chi connectivity index (χ2v) is 14.5. The minimum absolute atomic E-state index is 0.0418. The molecule has 1 aromatic rings. The number of piperazine rings is 1. The predicted octanol–water partition coefficient (Wildman–Crippen LogP) is 5.06. The van der Waals surface area contributed by atoms with Gasteiger partial charge in [0.1, 0.15) is 5.69 Å². The number of aryl methyl sites for hydroxylation is 1. The lowest BCUT2D eigenvalue weighted by molar-refractivity contribution is -0.133. The van der Waals surface area contributed by atoms with Crippen LogP contribution in [0.15, 0.2) is 24.2 Å². The third-order valence-corrected chi connectivity index (χ3v) is 12.5. The first-order chi connectivity index (χ1) is 19.1. The van der Waals surface area contributed by atoms with Gasteiger partial charge >= 0.3 is 0 Å². The van der Waals surface area contributed by atoms with Gasteiger partial charge in [0.2, 0.25) is 5.91 Å². The van der Waals surface area contributed by atoms with Crippen LogP contribution in [0.1, 0.15) is 95.5 Å². The normalized spacial score (nSPS) is 38.2. The number of aromatic nitrogens is 2. The van der Waals surface area contributed by atoms with Gasteiger partial charge in [-0.3, -0.25) is 9.59 Å². The third kappa shape index (κ3) is 4.74. The van der Waals surface area contributed by atoms with Crippen LogP contribution in [-0.2, 0) is 11.8 Å². The molecule has 220 valence electrons. The fourth-order valence-corrected chi connectivity index (χ4v) is 10.2. The first kappa shape index (κ1) is 28.0. The Bertz CT molecular complexity index is 1150. The zero-order valence-corrected chi connectivity index (χ0v) is 25.1. The van der Waals surface area contributed by atoms with Crippen LogP contribution in [0.25, 0.3) is 0 Å². The summed E-state index contributed by atoms with van der Waals surface area (Å²) >= 11 is 0. The van der Waals surface area contributed by atoms with Crippen LogP contribution in [-0.4, -0.2) is 68.6 Å². The Balaban J connectivity index is 1.02. The van der Waals surface area contributed by atoms with Crippen LogP contribution < -0.4 is 0 Å². The molecule has 40 heavy (non-hydrogen) atoms. The first-order valence-corrected chi connectivity index (χ1v) is 16.0. The number of aliphatic hydroxyl groups is 1. The van der Waals surface area contributed by atoms with Crippen molar-refractivity contribution in [3.05, 3.63) is 29.9 Å². The summed E-state index contributed by atoms with van der Waals surface area (Å²) in [5, 5.41) is 10.3. The molecule has 4 aliphatic carbocycles. The van der Waals surface area contributed by atoms with E-state index in [-0.39, 0.29) is 17.9 Å². The van der Waals surface area contributed by atoms with E-state index in [1.807, 2.05) is 16.8 Å². The summed E-state index contributed by atoms with van der Waals surface area (Å²) in [6, 6.07) is 0. The molecule has 2 amide bonds. The van der Waals surface area contributed by atoms with Crippen LogP contribution in [0, 0.1) is 40.4 Å². The Labute approximate surface area is 240 Å². The van der Waals surface area contributed by atoms with E-state index >= 15 is 0 Å². The molecule has 1 N–H and O–H groups in total. The molecule has 7 nitrogen and oxygen atoms in total. The Morgan fingerprint density at radius 1 is 1.05 bits per heavy atom. The Hall–Kier alpha value is -2.15. The average molecular weight is 551 g/mol. The van der Waals surface area contributed by atoms with Gasteiger partial charge in [-0.25, -0.2) is 4.98 Å². The van der Waals surface area contributed by atoms with E-state index in [0.717, 1.165) is 43.4 Å². The van der Waals surface area contributed by atoms with Crippen molar-refractivity contribution in [2.45, 2.75) is 91.1 Å². The number of aliphatic hydroxyl groups excluding tert-OH is 1. The number of carbonyl (C=O) groups is 2. The minimum atomic E-state index is -0.137. The van der Waals surface area contributed by atoms with Crippen molar-refractivity contribution in [1.29, 1.82) is 0 Å². The van der Waals surface area contributed by atoms with Crippen LogP contribution >= 0.6 is 0 Å². The van der Waals surface area contributed by atoms with Gasteiger partial charge in [0, 0.05) is 45.8 Å². The summed E-state index contributed by atoms with van der Waals surface area (Å²) in [4.78, 5) is 33.9. The smallest absolute Gasteiger partial charge is 0.274 e. The van der Waals surface area contributed by atoms with E-state index in [0.29, 0.717) is 61.0 Å². The summed E-state index contributed by atoms with van der Waals surface area (Å²) in [6.45, 7) is 9.90. The van der Waals surface area contributed by atoms with Crippen molar-refractivity contribution in [2.75, 3.05) is 26.2 Å². The summed E-state index contributed by atoms with van der Waals surface area (Å²) in [5.41, 5.74) is 2.72. The van der Waals surface area contributed by atoms with Crippen molar-refractivity contribution in [3.8, 4) is 0 Å². The molecule has 0 unspecified atom stereocenters. The second-order valence-electron chi connectivity index (χ2n) is 14.5. The standard InChI is InChI=1S/C33H50N4O3/c1-22(5-10-30(39)36-15-17-37(18-16-36)31(40)29-20-35(4)21-34-29)26-8-9-27-25-7-6-23-19-24(38)11-13-32(23,2)28(25)12-14-33(26,27)3/h6,20-22,24-28,38H,5,7-19H2,1-4H3/t22-,24+,25+,26-,27+,28+,32+,33-/m1/s1. The van der Waals surface area contributed by atoms with Crippen molar-refractivity contribution in [3.63, 3.8) is 0 Å². The average Bonchev–Trinajstić information content (AvgIpc) is 3.54. The Kier molecular flexibility index (Phi) is 7.42. The largest absolute Gasteiger partial charge is 0.393 e. The van der Waals surface area contributed by atoms with Gasteiger partial charge in [0.05, 0.1) is 12.4 Å². The highest BCUT2D eigenvalue weighted by molar-refractivity contribution is 5.92. The fourth-order valence-electron chi connectivity index (χ4n) is 10.2. The molecule has 5 aliphatic rings. The molecule has 3 saturated carbocycles. The predicted molar refractivity (Wildman–Crippen MR) is 155 cm³/mol. The van der Waals surface area contributed by atoms with E-state index in [4.69, 9.17) is 0 Å². The maximum atomic E-state index is 13.2. The zero-order chi connectivity index (χ0) is 28.2. The van der Waals surface area contributed by atoms with E-state index in [1.165, 1.54) is 32.1 Å². The van der Waals surface area contributed by atoms with Gasteiger partial charge in [0.15, 0.2) is 0 Å². The fraction of sp³-hybridized carbons (Fsp3) is 0.788. The lowest BCUT2D eigenvalue weighted by Crippen LogP contribution is -2.51. The van der Waals surface area contributed by atoms with Crippen molar-refractivity contribution in [1.82, 2.24) is 19.4 Å². The van der Waals surface area contributed by atoms with Crippen LogP contribution in [0.4, 0.5) is 0 Å². The highest BCUT2D eigenvalue weighted by atomic mass is 16.3. The van der Waals surface area contributed by atoms with Gasteiger partial charge in [-0.1, -0.05) is 32.4 Å². The second kappa shape index (κ2) is 10.6. The van der Waals surface area contributed by atoms with Crippen LogP contribution in [0.3, 0.4) is 0 Å². The number of fused-ring (bicyclic) bond motifs is 5. The highest BCUT2D eigenvalue weighted by Crippen LogP contribution is 2.67. The number of rotatable bonds is 5. The first-order valence-electron chi connectivity index (χ1n) is 16.0. The van der Waals surface area contributed by atoms with E-state index in [1.54, 1.807) is 22.7 Å². The quantitative estimate of drug-likeness (QED) is 0.520. The summed E-state index contributed by atoms with van der Waals surface area (Å²) in [6.07, 6.45) is 16.9. The monoisotopic (exact) mass is 550 g/mol. The van der Waals surface area contributed by atoms with E-state index in [2.05, 4.69) is 31.8 Å². The minimum Gasteiger partial charge on any atom is -0.393 e. The summed E-state index contributed by atoms with van der Waals surface area (Å²) < 4.78 is 1.79. The number of imidazole rings is 1. The molecular weight excluding hydrogens is 500 g/mol. The van der Waals surface area contributed by atoms with Crippen LogP contribution in [0.5, 0.6) is 0 Å². The maximum absolute atomic E-state index is 13.2. The molecule has 0 spiro atoms. The number of allylic oxidation sites excluding steroid dienone is 1. The molecule has 8 atom stereocenters. The van der Waals surface area contributed by atoms with Gasteiger partial charge in [-0.15, -0.1) is 0 Å². The van der Waals surface area contributed by atoms with Gasteiger partial charge in [-0.2, -0.15) is 0 Å². The van der Waals surface area contributed by atoms with Crippen molar-refractivity contribution in [2.24, 2.45) is 47.5 Å². The molecule has 1 saturated heterocycles. The summed E-state index contributed by atoms with van der Waals surface area (Å²) in [7, 11) is 1.87. The topological polar surface area (TPSA) is 78.7 Å². The molecule has 1 aliphatic heterocycles. The number of amides is 2. The molecule has 7 heteroatoms. The van der Waals surface area contributed by atoms with Crippen LogP contribution in [0.2, 0.25) is 0 Å². The molecule has 4 fully saturated rings. The lowest BCUT2D eigenvalue weighted by Gasteiger charge is -2.58. The number of nitrogens with zero attached hydrogens (tertiary/aromatic N) is 4. The Morgan fingerprint density at radius 3 is 2.52 bits per heavy atom. The molecule has 2 heterocycles.